The molecule has 5 heteroatoms. The molecule has 3 aliphatic rings. The van der Waals surface area contributed by atoms with E-state index in [-0.39, 0.29) is 17.3 Å². The number of aliphatic hydroxyl groups is 1. The van der Waals surface area contributed by atoms with Gasteiger partial charge in [-0.05, 0) is 109 Å². The highest BCUT2D eigenvalue weighted by molar-refractivity contribution is 6.32. The lowest BCUT2D eigenvalue weighted by molar-refractivity contribution is -0.0322. The maximum absolute atomic E-state index is 11.1. The molecule has 5 rings (SSSR count). The topological polar surface area (TPSA) is 52.9 Å². The summed E-state index contributed by atoms with van der Waals surface area (Å²) in [5.41, 5.74) is 3.68. The molecule has 0 bridgehead atoms. The first-order chi connectivity index (χ1) is 16.9. The highest BCUT2D eigenvalue weighted by atomic mass is 35.5. The lowest BCUT2D eigenvalue weighted by Crippen LogP contribution is -2.47. The molecule has 35 heavy (non-hydrogen) atoms. The van der Waals surface area contributed by atoms with Crippen LogP contribution in [0.2, 0.25) is 5.02 Å². The van der Waals surface area contributed by atoms with E-state index in [1.165, 1.54) is 11.1 Å². The van der Waals surface area contributed by atoms with Crippen LogP contribution in [0.25, 0.3) is 0 Å². The third kappa shape index (κ3) is 4.36. The van der Waals surface area contributed by atoms with Crippen LogP contribution in [0, 0.1) is 17.3 Å². The van der Waals surface area contributed by atoms with E-state index >= 15 is 0 Å². The van der Waals surface area contributed by atoms with Gasteiger partial charge in [0.2, 0.25) is 0 Å². The van der Waals surface area contributed by atoms with E-state index in [1.54, 1.807) is 6.07 Å². The van der Waals surface area contributed by atoms with Crippen molar-refractivity contribution in [3.05, 3.63) is 58.1 Å². The van der Waals surface area contributed by atoms with Crippen LogP contribution in [0.1, 0.15) is 75.0 Å². The normalized spacial score (nSPS) is 31.7. The van der Waals surface area contributed by atoms with Gasteiger partial charge in [0, 0.05) is 6.54 Å². The van der Waals surface area contributed by atoms with E-state index in [4.69, 9.17) is 16.3 Å². The van der Waals surface area contributed by atoms with Gasteiger partial charge in [0.15, 0.2) is 0 Å². The van der Waals surface area contributed by atoms with E-state index in [0.29, 0.717) is 35.3 Å². The van der Waals surface area contributed by atoms with Crippen LogP contribution < -0.4 is 4.74 Å². The Morgan fingerprint density at radius 1 is 1.06 bits per heavy atom. The lowest BCUT2D eigenvalue weighted by Gasteiger charge is -2.54. The monoisotopic (exact) mass is 497 g/mol. The van der Waals surface area contributed by atoms with Crippen molar-refractivity contribution >= 4 is 11.6 Å². The molecule has 0 aliphatic heterocycles. The quantitative estimate of drug-likeness (QED) is 0.466. The zero-order valence-electron chi connectivity index (χ0n) is 21.3. The minimum Gasteiger partial charge on any atom is -0.506 e. The molecule has 6 unspecified atom stereocenters. The maximum Gasteiger partial charge on any atom is 0.134 e. The Balaban J connectivity index is 1.45. The molecule has 2 fully saturated rings. The summed E-state index contributed by atoms with van der Waals surface area (Å²) in [7, 11) is 0. The first-order valence-corrected chi connectivity index (χ1v) is 13.9. The number of rotatable bonds is 7. The summed E-state index contributed by atoms with van der Waals surface area (Å²) < 4.78 is 6.05. The number of hydrogen-bond donors (Lipinski definition) is 2. The molecule has 0 saturated heterocycles. The number of phenols is 1. The zero-order chi connectivity index (χ0) is 24.7. The second-order valence-corrected chi connectivity index (χ2v) is 11.5. The molecular weight excluding hydrogens is 458 g/mol. The van der Waals surface area contributed by atoms with E-state index in [2.05, 4.69) is 56.0 Å². The number of ether oxygens (including phenoxy) is 1. The van der Waals surface area contributed by atoms with E-state index in [1.807, 2.05) is 0 Å². The molecule has 6 atom stereocenters. The molecule has 4 nitrogen and oxygen atoms in total. The van der Waals surface area contributed by atoms with Gasteiger partial charge in [0.05, 0.1) is 11.1 Å². The third-order valence-electron chi connectivity index (χ3n) is 9.66. The van der Waals surface area contributed by atoms with Gasteiger partial charge in [0.1, 0.15) is 18.1 Å². The summed E-state index contributed by atoms with van der Waals surface area (Å²) in [6.07, 6.45) is 4.71. The Bertz CT molecular complexity index is 1040. The number of phenolic OH excluding ortho intramolecular Hbond substituents is 1. The van der Waals surface area contributed by atoms with Crippen molar-refractivity contribution < 1.29 is 14.9 Å². The van der Waals surface area contributed by atoms with Gasteiger partial charge in [0.25, 0.3) is 0 Å². The van der Waals surface area contributed by atoms with Crippen molar-refractivity contribution in [2.24, 2.45) is 17.3 Å². The van der Waals surface area contributed by atoms with Gasteiger partial charge < -0.3 is 19.8 Å². The predicted octanol–water partition coefficient (Wildman–Crippen LogP) is 6.38. The molecule has 0 heterocycles. The second-order valence-electron chi connectivity index (χ2n) is 11.2. The van der Waals surface area contributed by atoms with Crippen molar-refractivity contribution in [2.45, 2.75) is 70.8 Å². The maximum atomic E-state index is 11.1. The van der Waals surface area contributed by atoms with Crippen LogP contribution in [-0.4, -0.2) is 47.5 Å². The minimum absolute atomic E-state index is 0.0526. The number of benzene rings is 2. The van der Waals surface area contributed by atoms with Crippen molar-refractivity contribution in [3.63, 3.8) is 0 Å². The molecular formula is C30H40ClNO3. The number of aliphatic hydroxyl groups excluding tert-OH is 1. The Morgan fingerprint density at radius 3 is 2.51 bits per heavy atom. The van der Waals surface area contributed by atoms with E-state index in [9.17, 15) is 10.2 Å². The summed E-state index contributed by atoms with van der Waals surface area (Å²) in [5.74, 6) is 2.81. The number of halogens is 1. The van der Waals surface area contributed by atoms with Gasteiger partial charge in [-0.3, -0.25) is 0 Å². The van der Waals surface area contributed by atoms with Crippen molar-refractivity contribution in [2.75, 3.05) is 26.2 Å². The summed E-state index contributed by atoms with van der Waals surface area (Å²) in [6, 6.07) is 12.6. The molecule has 0 amide bonds. The van der Waals surface area contributed by atoms with Gasteiger partial charge in [-0.15, -0.1) is 0 Å². The van der Waals surface area contributed by atoms with E-state index in [0.717, 1.165) is 63.1 Å². The van der Waals surface area contributed by atoms with Crippen LogP contribution >= 0.6 is 11.6 Å². The highest BCUT2D eigenvalue weighted by Crippen LogP contribution is 2.65. The Kier molecular flexibility index (Phi) is 7.09. The van der Waals surface area contributed by atoms with Crippen LogP contribution in [0.15, 0.2) is 36.4 Å². The number of fused-ring (bicyclic) bond motifs is 5. The first kappa shape index (κ1) is 24.9. The van der Waals surface area contributed by atoms with Crippen LogP contribution in [-0.2, 0) is 6.42 Å². The van der Waals surface area contributed by atoms with Crippen molar-refractivity contribution in [3.8, 4) is 11.5 Å². The highest BCUT2D eigenvalue weighted by Gasteiger charge is 2.57. The summed E-state index contributed by atoms with van der Waals surface area (Å²) in [4.78, 5) is 2.37. The van der Waals surface area contributed by atoms with Crippen molar-refractivity contribution in [1.29, 1.82) is 0 Å². The Labute approximate surface area is 215 Å². The molecule has 3 aliphatic carbocycles. The molecule has 2 saturated carbocycles. The third-order valence-corrected chi connectivity index (χ3v) is 10.1. The van der Waals surface area contributed by atoms with Gasteiger partial charge in [-0.1, -0.05) is 50.6 Å². The van der Waals surface area contributed by atoms with Crippen LogP contribution in [0.4, 0.5) is 0 Å². The van der Waals surface area contributed by atoms with Gasteiger partial charge in [-0.2, -0.15) is 0 Å². The molecule has 2 aromatic carbocycles. The van der Waals surface area contributed by atoms with Crippen molar-refractivity contribution in [1.82, 2.24) is 4.90 Å². The number of hydrogen-bond acceptors (Lipinski definition) is 4. The number of aromatic hydroxyl groups is 1. The largest absolute Gasteiger partial charge is 0.506 e. The van der Waals surface area contributed by atoms with Gasteiger partial charge in [-0.25, -0.2) is 0 Å². The fraction of sp³-hybridized carbons (Fsp3) is 0.600. The number of likely N-dealkylation sites (N-methyl/N-ethyl adjacent to an activating group) is 1. The zero-order valence-corrected chi connectivity index (χ0v) is 22.1. The minimum atomic E-state index is -0.233. The lowest BCUT2D eigenvalue weighted by atomic mass is 9.51. The average molecular weight is 498 g/mol. The fourth-order valence-corrected chi connectivity index (χ4v) is 7.95. The standard InChI is InChI=1S/C30H40ClNO3/c1-4-32(5-2)16-17-35-20-8-6-19(7-9-20)24-18-30(3)25(13-15-27(30)34)23-11-10-22-21(28(23)24)12-14-26(33)29(22)31/h6-9,12,14,23-25,27-28,33-34H,4-5,10-11,13,15-18H2,1-3H3. The summed E-state index contributed by atoms with van der Waals surface area (Å²) in [6.45, 7) is 10.4. The fourth-order valence-electron chi connectivity index (χ4n) is 7.68. The molecule has 0 aromatic heterocycles. The molecule has 2 aromatic rings. The molecule has 2 N–H and O–H groups in total. The van der Waals surface area contributed by atoms with Gasteiger partial charge >= 0.3 is 0 Å². The molecule has 0 spiro atoms. The molecule has 0 radical (unpaired) electrons. The Hall–Kier alpha value is -1.75. The summed E-state index contributed by atoms with van der Waals surface area (Å²) in [5, 5.41) is 21.9. The molecule has 190 valence electrons. The Morgan fingerprint density at radius 2 is 1.80 bits per heavy atom. The smallest absolute Gasteiger partial charge is 0.134 e. The van der Waals surface area contributed by atoms with Crippen LogP contribution in [0.3, 0.4) is 0 Å². The second kappa shape index (κ2) is 9.95. The number of nitrogens with zero attached hydrogens (tertiary/aromatic N) is 1. The first-order valence-electron chi connectivity index (χ1n) is 13.5. The predicted molar refractivity (Wildman–Crippen MR) is 142 cm³/mol. The average Bonchev–Trinajstić information content (AvgIpc) is 3.18. The SMILES string of the molecule is CCN(CC)CCOc1ccc(C2CC3(C)C(O)CCC3C3CCc4c(ccc(O)c4Cl)C23)cc1. The van der Waals surface area contributed by atoms with Crippen LogP contribution in [0.5, 0.6) is 11.5 Å². The summed E-state index contributed by atoms with van der Waals surface area (Å²) >= 11 is 6.60. The van der Waals surface area contributed by atoms with E-state index < -0.39 is 0 Å².